The minimum atomic E-state index is 1.65. The summed E-state index contributed by atoms with van der Waals surface area (Å²) in [5.74, 6) is 0. The van der Waals surface area contributed by atoms with E-state index in [1.165, 1.54) is 0 Å². The van der Waals surface area contributed by atoms with Crippen molar-refractivity contribution in [3.63, 3.8) is 0 Å². The normalized spacial score (nSPS) is 10.0. The lowest BCUT2D eigenvalue weighted by Gasteiger charge is -1.64. The third-order valence-electron chi connectivity index (χ3n) is 0.263. The predicted molar refractivity (Wildman–Crippen MR) is 22.2 cm³/mol. The average molecular weight is 69.1 g/mol. The predicted octanol–water partition coefficient (Wildman–Crippen LogP) is 0.560. The molecule has 0 aromatic rings. The maximum Gasteiger partial charge on any atom is 0.0821 e. The molecule has 0 fully saturated rings. The minimum Gasteiger partial charge on any atom is -0.318 e. The van der Waals surface area contributed by atoms with Gasteiger partial charge in [0.15, 0.2) is 0 Å². The van der Waals surface area contributed by atoms with Crippen LogP contribution in [0.5, 0.6) is 0 Å². The van der Waals surface area contributed by atoms with Gasteiger partial charge < -0.3 is 5.73 Å². The summed E-state index contributed by atoms with van der Waals surface area (Å²) < 4.78 is 0. The first-order valence-corrected chi connectivity index (χ1v) is 1.49. The molecule has 1 nitrogen and oxygen atoms in total. The minimum absolute atomic E-state index is 1.65. The molecular weight excluding hydrogens is 62.1 g/mol. The smallest absolute Gasteiger partial charge is 0.0821 e. The summed E-state index contributed by atoms with van der Waals surface area (Å²) >= 11 is 0. The highest BCUT2D eigenvalue weighted by molar-refractivity contribution is 4.86. The van der Waals surface area contributed by atoms with E-state index in [9.17, 15) is 0 Å². The van der Waals surface area contributed by atoms with E-state index in [0.717, 1.165) is 0 Å². The van der Waals surface area contributed by atoms with Crippen LogP contribution in [-0.2, 0) is 0 Å². The highest BCUT2D eigenvalue weighted by atomic mass is 14.5. The van der Waals surface area contributed by atoms with Crippen LogP contribution in [0.1, 0.15) is 6.92 Å². The van der Waals surface area contributed by atoms with Gasteiger partial charge in [0.05, 0.1) is 6.54 Å². The zero-order valence-corrected chi connectivity index (χ0v) is 3.23. The maximum absolute atomic E-state index is 4.80. The molecule has 28 valence electrons. The van der Waals surface area contributed by atoms with Gasteiger partial charge in [-0.15, -0.1) is 0 Å². The number of nitrogens with two attached hydrogens (primary N) is 1. The zero-order valence-electron chi connectivity index (χ0n) is 3.23. The molecule has 2 radical (unpaired) electrons. The molecular formula is C4H7N. The van der Waals surface area contributed by atoms with Gasteiger partial charge in [-0.05, 0) is 6.92 Å². The Bertz CT molecular complexity index is 30.6. The first kappa shape index (κ1) is 4.70. The fourth-order valence-corrected chi connectivity index (χ4v) is 0.0962. The summed E-state index contributed by atoms with van der Waals surface area (Å²) in [5, 5.41) is 0. The number of hydrogen-bond acceptors (Lipinski definition) is 1. The van der Waals surface area contributed by atoms with E-state index in [-0.39, 0.29) is 0 Å². The molecule has 1 heteroatoms. The standard InChI is InChI=1S/C4H7N/c1-2-3-4-5/h2-3H,5H2,1H3/b3-2+. The van der Waals surface area contributed by atoms with E-state index >= 15 is 0 Å². The molecule has 0 heterocycles. The molecule has 0 unspecified atom stereocenters. The number of hydrogen-bond donors (Lipinski definition) is 1. The van der Waals surface area contributed by atoms with Crippen LogP contribution in [0.25, 0.3) is 0 Å². The van der Waals surface area contributed by atoms with Crippen molar-refractivity contribution in [2.75, 3.05) is 0 Å². The van der Waals surface area contributed by atoms with Gasteiger partial charge in [-0.1, -0.05) is 12.2 Å². The molecule has 0 saturated carbocycles. The van der Waals surface area contributed by atoms with Crippen LogP contribution in [0.2, 0.25) is 0 Å². The molecule has 2 N–H and O–H groups in total. The molecule has 0 aliphatic heterocycles. The Morgan fingerprint density at radius 2 is 2.40 bits per heavy atom. The largest absolute Gasteiger partial charge is 0.318 e. The molecule has 0 rings (SSSR count). The Labute approximate surface area is 32.5 Å². The lowest BCUT2D eigenvalue weighted by Crippen LogP contribution is -1.81. The average Bonchev–Trinajstić information content (AvgIpc) is 1.41. The van der Waals surface area contributed by atoms with E-state index in [1.807, 2.05) is 13.0 Å². The summed E-state index contributed by atoms with van der Waals surface area (Å²) in [6.45, 7) is 4.23. The first-order valence-electron chi connectivity index (χ1n) is 1.49. The summed E-state index contributed by atoms with van der Waals surface area (Å²) in [7, 11) is 0. The Kier molecular flexibility index (Phi) is 3.48. The van der Waals surface area contributed by atoms with Crippen molar-refractivity contribution in [2.24, 2.45) is 5.73 Å². The van der Waals surface area contributed by atoms with Gasteiger partial charge in [0.25, 0.3) is 0 Å². The first-order chi connectivity index (χ1) is 2.41. The molecule has 0 aliphatic rings. The van der Waals surface area contributed by atoms with Crippen LogP contribution in [0.3, 0.4) is 0 Å². The summed E-state index contributed by atoms with van der Waals surface area (Å²) in [5.41, 5.74) is 4.80. The molecule has 0 bridgehead atoms. The zero-order chi connectivity index (χ0) is 4.12. The van der Waals surface area contributed by atoms with Crippen molar-refractivity contribution >= 4 is 0 Å². The lowest BCUT2D eigenvalue weighted by atomic mass is 10.5. The van der Waals surface area contributed by atoms with Crippen LogP contribution >= 0.6 is 0 Å². The molecule has 0 aliphatic carbocycles. The second-order valence-corrected chi connectivity index (χ2v) is 0.667. The van der Waals surface area contributed by atoms with Gasteiger partial charge in [-0.3, -0.25) is 0 Å². The Morgan fingerprint density at radius 1 is 1.80 bits per heavy atom. The van der Waals surface area contributed by atoms with E-state index < -0.39 is 0 Å². The quantitative estimate of drug-likeness (QED) is 0.447. The third-order valence-corrected chi connectivity index (χ3v) is 0.263. The van der Waals surface area contributed by atoms with Gasteiger partial charge in [0, 0.05) is 0 Å². The van der Waals surface area contributed by atoms with Gasteiger partial charge in [0.2, 0.25) is 0 Å². The maximum atomic E-state index is 4.80. The fraction of sp³-hybridized carbons (Fsp3) is 0.250. The third kappa shape index (κ3) is 3.70. The monoisotopic (exact) mass is 69.1 g/mol. The van der Waals surface area contributed by atoms with Crippen LogP contribution in [0.4, 0.5) is 0 Å². The van der Waals surface area contributed by atoms with Crippen molar-refractivity contribution in [2.45, 2.75) is 6.92 Å². The van der Waals surface area contributed by atoms with Crippen molar-refractivity contribution < 1.29 is 0 Å². The molecule has 0 aromatic carbocycles. The van der Waals surface area contributed by atoms with Crippen LogP contribution in [0.15, 0.2) is 12.2 Å². The van der Waals surface area contributed by atoms with Crippen LogP contribution < -0.4 is 5.73 Å². The molecule has 0 aromatic heterocycles. The van der Waals surface area contributed by atoms with Gasteiger partial charge in [-0.25, -0.2) is 0 Å². The van der Waals surface area contributed by atoms with Gasteiger partial charge in [-0.2, -0.15) is 0 Å². The fourth-order valence-electron chi connectivity index (χ4n) is 0.0962. The van der Waals surface area contributed by atoms with E-state index in [4.69, 9.17) is 5.73 Å². The Morgan fingerprint density at radius 3 is 2.40 bits per heavy atom. The highest BCUT2D eigenvalue weighted by Gasteiger charge is 1.54. The van der Waals surface area contributed by atoms with Crippen molar-refractivity contribution in [3.05, 3.63) is 18.7 Å². The highest BCUT2D eigenvalue weighted by Crippen LogP contribution is 1.63. The Balaban J connectivity index is 2.62. The summed E-state index contributed by atoms with van der Waals surface area (Å²) in [4.78, 5) is 0. The van der Waals surface area contributed by atoms with Crippen LogP contribution in [0, 0.1) is 6.54 Å². The summed E-state index contributed by atoms with van der Waals surface area (Å²) in [6, 6.07) is 0. The second-order valence-electron chi connectivity index (χ2n) is 0.667. The molecule has 0 spiro atoms. The van der Waals surface area contributed by atoms with E-state index in [0.29, 0.717) is 0 Å². The number of rotatable bonds is 1. The van der Waals surface area contributed by atoms with Gasteiger partial charge >= 0.3 is 0 Å². The summed E-state index contributed by atoms with van der Waals surface area (Å²) in [6.07, 6.45) is 3.47. The number of allylic oxidation sites excluding steroid dienone is 1. The molecule has 0 amide bonds. The van der Waals surface area contributed by atoms with Gasteiger partial charge in [0.1, 0.15) is 0 Å². The van der Waals surface area contributed by atoms with Crippen molar-refractivity contribution in [1.82, 2.24) is 0 Å². The molecule has 0 atom stereocenters. The SMILES string of the molecule is C/C=C/[C]N. The van der Waals surface area contributed by atoms with Crippen LogP contribution in [-0.4, -0.2) is 0 Å². The molecule has 5 heavy (non-hydrogen) atoms. The van der Waals surface area contributed by atoms with Crippen molar-refractivity contribution in [3.8, 4) is 0 Å². The van der Waals surface area contributed by atoms with E-state index in [1.54, 1.807) is 6.08 Å². The van der Waals surface area contributed by atoms with Crippen molar-refractivity contribution in [1.29, 1.82) is 0 Å². The second kappa shape index (κ2) is 3.70. The molecule has 0 saturated heterocycles. The topological polar surface area (TPSA) is 26.0 Å². The van der Waals surface area contributed by atoms with E-state index in [2.05, 4.69) is 6.54 Å². The lowest BCUT2D eigenvalue weighted by molar-refractivity contribution is 1.43. The Hall–Kier alpha value is -0.300.